The van der Waals surface area contributed by atoms with E-state index in [-0.39, 0.29) is 16.8 Å². The topological polar surface area (TPSA) is 93.7 Å². The molecule has 0 aliphatic heterocycles. The predicted octanol–water partition coefficient (Wildman–Crippen LogP) is 1.16. The minimum absolute atomic E-state index is 0.138. The van der Waals surface area contributed by atoms with Crippen LogP contribution in [0.4, 0.5) is 0 Å². The SMILES string of the molecule is COCCOCCCNC(=O)c1ccc(S(=O)(=O)NC(C)C)cc1. The summed E-state index contributed by atoms with van der Waals surface area (Å²) in [7, 11) is -1.93. The van der Waals surface area contributed by atoms with E-state index in [1.54, 1.807) is 21.0 Å². The third-order valence-corrected chi connectivity index (χ3v) is 4.67. The minimum atomic E-state index is -3.54. The van der Waals surface area contributed by atoms with Crippen molar-refractivity contribution < 1.29 is 22.7 Å². The molecule has 24 heavy (non-hydrogen) atoms. The Morgan fingerprint density at radius 2 is 1.79 bits per heavy atom. The van der Waals surface area contributed by atoms with E-state index in [0.29, 0.717) is 38.3 Å². The molecule has 0 saturated carbocycles. The van der Waals surface area contributed by atoms with Crippen LogP contribution in [0.15, 0.2) is 29.2 Å². The van der Waals surface area contributed by atoms with Crippen molar-refractivity contribution in [1.29, 1.82) is 0 Å². The van der Waals surface area contributed by atoms with Crippen molar-refractivity contribution in [1.82, 2.24) is 10.0 Å². The zero-order valence-corrected chi connectivity index (χ0v) is 15.2. The van der Waals surface area contributed by atoms with E-state index < -0.39 is 10.0 Å². The Hall–Kier alpha value is -1.48. The third kappa shape index (κ3) is 7.39. The van der Waals surface area contributed by atoms with Gasteiger partial charge in [0.25, 0.3) is 5.91 Å². The molecule has 0 unspecified atom stereocenters. The van der Waals surface area contributed by atoms with Crippen molar-refractivity contribution in [3.8, 4) is 0 Å². The second-order valence-electron chi connectivity index (χ2n) is 5.51. The van der Waals surface area contributed by atoms with Gasteiger partial charge in [-0.1, -0.05) is 0 Å². The van der Waals surface area contributed by atoms with Gasteiger partial charge in [0.1, 0.15) is 0 Å². The minimum Gasteiger partial charge on any atom is -0.382 e. The first-order chi connectivity index (χ1) is 11.4. The second-order valence-corrected chi connectivity index (χ2v) is 7.23. The zero-order valence-electron chi connectivity index (χ0n) is 14.4. The molecule has 7 nitrogen and oxygen atoms in total. The molecule has 136 valence electrons. The first-order valence-electron chi connectivity index (χ1n) is 7.84. The molecule has 0 spiro atoms. The molecular formula is C16H26N2O5S. The van der Waals surface area contributed by atoms with Crippen LogP contribution in [0.2, 0.25) is 0 Å². The lowest BCUT2D eigenvalue weighted by atomic mass is 10.2. The van der Waals surface area contributed by atoms with Gasteiger partial charge in [0.2, 0.25) is 10.0 Å². The van der Waals surface area contributed by atoms with Gasteiger partial charge in [-0.15, -0.1) is 0 Å². The molecule has 8 heteroatoms. The van der Waals surface area contributed by atoms with Gasteiger partial charge in [-0.3, -0.25) is 4.79 Å². The summed E-state index contributed by atoms with van der Waals surface area (Å²) in [5.41, 5.74) is 0.416. The Morgan fingerprint density at radius 3 is 2.38 bits per heavy atom. The van der Waals surface area contributed by atoms with E-state index in [4.69, 9.17) is 9.47 Å². The van der Waals surface area contributed by atoms with Gasteiger partial charge in [-0.2, -0.15) is 0 Å². The smallest absolute Gasteiger partial charge is 0.251 e. The molecular weight excluding hydrogens is 332 g/mol. The molecule has 0 atom stereocenters. The summed E-state index contributed by atoms with van der Waals surface area (Å²) in [5.74, 6) is -0.243. The Bertz CT molecular complexity index is 599. The van der Waals surface area contributed by atoms with Crippen molar-refractivity contribution in [2.75, 3.05) is 33.5 Å². The summed E-state index contributed by atoms with van der Waals surface area (Å²) < 4.78 is 36.7. The molecule has 0 heterocycles. The molecule has 0 bridgehead atoms. The number of benzene rings is 1. The monoisotopic (exact) mass is 358 g/mol. The fraction of sp³-hybridized carbons (Fsp3) is 0.562. The number of rotatable bonds is 11. The lowest BCUT2D eigenvalue weighted by Crippen LogP contribution is -2.30. The average Bonchev–Trinajstić information content (AvgIpc) is 2.53. The molecule has 2 N–H and O–H groups in total. The van der Waals surface area contributed by atoms with E-state index in [1.165, 1.54) is 24.3 Å². The number of hydrogen-bond donors (Lipinski definition) is 2. The van der Waals surface area contributed by atoms with Gasteiger partial charge in [0, 0.05) is 31.9 Å². The number of hydrogen-bond acceptors (Lipinski definition) is 5. The summed E-state index contributed by atoms with van der Waals surface area (Å²) in [6.07, 6.45) is 0.695. The summed E-state index contributed by atoms with van der Waals surface area (Å²) in [6, 6.07) is 5.66. The van der Waals surface area contributed by atoms with Crippen molar-refractivity contribution >= 4 is 15.9 Å². The molecule has 1 aromatic rings. The summed E-state index contributed by atoms with van der Waals surface area (Å²) >= 11 is 0. The van der Waals surface area contributed by atoms with Gasteiger partial charge in [0.05, 0.1) is 18.1 Å². The highest BCUT2D eigenvalue weighted by molar-refractivity contribution is 7.89. The largest absolute Gasteiger partial charge is 0.382 e. The third-order valence-electron chi connectivity index (χ3n) is 3.00. The van der Waals surface area contributed by atoms with Gasteiger partial charge in [0.15, 0.2) is 0 Å². The number of amides is 1. The Labute approximate surface area is 143 Å². The Kier molecular flexibility index (Phi) is 8.91. The zero-order chi connectivity index (χ0) is 18.0. The highest BCUT2D eigenvalue weighted by Crippen LogP contribution is 2.11. The van der Waals surface area contributed by atoms with Crippen LogP contribution in [0.1, 0.15) is 30.6 Å². The molecule has 1 rings (SSSR count). The van der Waals surface area contributed by atoms with Crippen LogP contribution in [-0.4, -0.2) is 53.8 Å². The van der Waals surface area contributed by atoms with Gasteiger partial charge < -0.3 is 14.8 Å². The maximum absolute atomic E-state index is 12.0. The highest BCUT2D eigenvalue weighted by atomic mass is 32.2. The lowest BCUT2D eigenvalue weighted by Gasteiger charge is -2.10. The van der Waals surface area contributed by atoms with Gasteiger partial charge in [-0.25, -0.2) is 13.1 Å². The van der Waals surface area contributed by atoms with Crippen LogP contribution in [0.3, 0.4) is 0 Å². The number of carbonyl (C=O) groups is 1. The van der Waals surface area contributed by atoms with E-state index in [9.17, 15) is 13.2 Å². The standard InChI is InChI=1S/C16H26N2O5S/c1-13(2)18-24(20,21)15-7-5-14(6-8-15)16(19)17-9-4-10-23-12-11-22-3/h5-8,13,18H,4,9-12H2,1-3H3,(H,17,19). The van der Waals surface area contributed by atoms with Crippen molar-refractivity contribution in [2.45, 2.75) is 31.2 Å². The van der Waals surface area contributed by atoms with Crippen LogP contribution in [0.5, 0.6) is 0 Å². The Morgan fingerprint density at radius 1 is 1.12 bits per heavy atom. The Balaban J connectivity index is 2.44. The van der Waals surface area contributed by atoms with Crippen LogP contribution < -0.4 is 10.0 Å². The summed E-state index contributed by atoms with van der Waals surface area (Å²) in [4.78, 5) is 12.1. The number of carbonyl (C=O) groups excluding carboxylic acids is 1. The van der Waals surface area contributed by atoms with Crippen molar-refractivity contribution in [3.05, 3.63) is 29.8 Å². The second kappa shape index (κ2) is 10.4. The first-order valence-corrected chi connectivity index (χ1v) is 9.32. The number of sulfonamides is 1. The van der Waals surface area contributed by atoms with E-state index in [1.807, 2.05) is 0 Å². The maximum atomic E-state index is 12.0. The van der Waals surface area contributed by atoms with Gasteiger partial charge >= 0.3 is 0 Å². The molecule has 1 aromatic carbocycles. The highest BCUT2D eigenvalue weighted by Gasteiger charge is 2.15. The lowest BCUT2D eigenvalue weighted by molar-refractivity contribution is 0.0688. The van der Waals surface area contributed by atoms with Crippen LogP contribution in [-0.2, 0) is 19.5 Å². The number of ether oxygens (including phenoxy) is 2. The molecule has 0 saturated heterocycles. The summed E-state index contributed by atoms with van der Waals surface area (Å²) in [6.45, 7) is 5.61. The van der Waals surface area contributed by atoms with E-state index >= 15 is 0 Å². The van der Waals surface area contributed by atoms with Crippen LogP contribution >= 0.6 is 0 Å². The quantitative estimate of drug-likeness (QED) is 0.579. The van der Waals surface area contributed by atoms with Crippen molar-refractivity contribution in [2.24, 2.45) is 0 Å². The molecule has 0 aliphatic carbocycles. The van der Waals surface area contributed by atoms with Crippen LogP contribution in [0.25, 0.3) is 0 Å². The molecule has 0 aromatic heterocycles. The number of methoxy groups -OCH3 is 1. The fourth-order valence-corrected chi connectivity index (χ4v) is 3.14. The number of nitrogens with one attached hydrogen (secondary N) is 2. The molecule has 0 radical (unpaired) electrons. The first kappa shape index (κ1) is 20.6. The van der Waals surface area contributed by atoms with Crippen molar-refractivity contribution in [3.63, 3.8) is 0 Å². The van der Waals surface area contributed by atoms with Gasteiger partial charge in [-0.05, 0) is 44.5 Å². The van der Waals surface area contributed by atoms with Crippen LogP contribution in [0, 0.1) is 0 Å². The van der Waals surface area contributed by atoms with E-state index in [2.05, 4.69) is 10.0 Å². The normalized spacial score (nSPS) is 11.7. The molecule has 0 fully saturated rings. The average molecular weight is 358 g/mol. The van der Waals surface area contributed by atoms with E-state index in [0.717, 1.165) is 0 Å². The molecule has 0 aliphatic rings. The summed E-state index contributed by atoms with van der Waals surface area (Å²) in [5, 5.41) is 2.77. The fourth-order valence-electron chi connectivity index (χ4n) is 1.89. The predicted molar refractivity (Wildman–Crippen MR) is 91.5 cm³/mol. The maximum Gasteiger partial charge on any atom is 0.251 e. The molecule has 1 amide bonds.